The van der Waals surface area contributed by atoms with Gasteiger partial charge < -0.3 is 34.6 Å². The van der Waals surface area contributed by atoms with Crippen LogP contribution < -0.4 is 20.3 Å². The first-order valence-electron chi connectivity index (χ1n) is 16.0. The third kappa shape index (κ3) is 6.03. The molecule has 3 aliphatic heterocycles. The van der Waals surface area contributed by atoms with Crippen molar-refractivity contribution in [1.29, 1.82) is 0 Å². The van der Waals surface area contributed by atoms with Crippen molar-refractivity contribution in [3.05, 3.63) is 78.1 Å². The van der Waals surface area contributed by atoms with Gasteiger partial charge in [0.1, 0.15) is 11.4 Å². The fourth-order valence-corrected chi connectivity index (χ4v) is 6.82. The van der Waals surface area contributed by atoms with Crippen molar-refractivity contribution in [3.63, 3.8) is 0 Å². The van der Waals surface area contributed by atoms with Crippen LogP contribution in [0.15, 0.2) is 66.9 Å². The Morgan fingerprint density at radius 1 is 1.02 bits per heavy atom. The number of rotatable bonds is 6. The molecule has 47 heavy (non-hydrogen) atoms. The van der Waals surface area contributed by atoms with Gasteiger partial charge in [-0.1, -0.05) is 0 Å². The number of carbonyl (C=O) groups is 3. The maximum Gasteiger partial charge on any atom is 0.323 e. The minimum absolute atomic E-state index is 0.0330. The number of carbonyl (C=O) groups excluding carboxylic acids is 3. The molecular weight excluding hydrogens is 596 g/mol. The third-order valence-electron chi connectivity index (χ3n) is 9.39. The zero-order valence-electron chi connectivity index (χ0n) is 26.8. The number of urea groups is 1. The number of aromatic nitrogens is 3. The van der Waals surface area contributed by atoms with E-state index in [1.165, 1.54) is 0 Å². The summed E-state index contributed by atoms with van der Waals surface area (Å²) in [5.41, 5.74) is 4.03. The van der Waals surface area contributed by atoms with Gasteiger partial charge in [-0.25, -0.2) is 9.78 Å². The number of hydrogen-bond acceptors (Lipinski definition) is 8. The Morgan fingerprint density at radius 3 is 2.57 bits per heavy atom. The Balaban J connectivity index is 1.07. The minimum Gasteiger partial charge on any atom is -0.452 e. The number of Topliss-reactive ketones (excluding diaryl/α,β-unsaturated/α-hetero) is 1. The minimum atomic E-state index is -0.446. The van der Waals surface area contributed by atoms with E-state index < -0.39 is 6.03 Å². The summed E-state index contributed by atoms with van der Waals surface area (Å²) in [6, 6.07) is 10.4. The molecule has 3 aromatic heterocycles. The molecule has 1 unspecified atom stereocenters. The number of ketones is 1. The lowest BCUT2D eigenvalue weighted by Gasteiger charge is -2.35. The van der Waals surface area contributed by atoms with E-state index in [4.69, 9.17) is 4.74 Å². The van der Waals surface area contributed by atoms with Gasteiger partial charge in [-0.05, 0) is 75.8 Å². The topological polar surface area (TPSA) is 125 Å². The summed E-state index contributed by atoms with van der Waals surface area (Å²) in [5.74, 6) is 0.676. The second-order valence-corrected chi connectivity index (χ2v) is 12.6. The number of anilines is 3. The SMILES string of the molecule is CN(C)C1CCN(C(=O)C2CCN(c3ccnc4c3c(C=C3Oc5ccc(NC(=O)Nc6cccnc6)cc5C3=O)cn4C)CC2)C1. The van der Waals surface area contributed by atoms with E-state index in [1.807, 2.05) is 35.0 Å². The second-order valence-electron chi connectivity index (χ2n) is 12.6. The van der Waals surface area contributed by atoms with Crippen LogP contribution >= 0.6 is 0 Å². The number of hydrogen-bond donors (Lipinski definition) is 2. The highest BCUT2D eigenvalue weighted by Crippen LogP contribution is 2.37. The summed E-state index contributed by atoms with van der Waals surface area (Å²) in [7, 11) is 6.09. The zero-order valence-corrected chi connectivity index (χ0v) is 26.8. The lowest BCUT2D eigenvalue weighted by Crippen LogP contribution is -2.43. The van der Waals surface area contributed by atoms with Gasteiger partial charge in [-0.2, -0.15) is 0 Å². The number of nitrogens with zero attached hydrogens (tertiary/aromatic N) is 6. The molecule has 12 heteroatoms. The average molecular weight is 635 g/mol. The molecule has 6 heterocycles. The van der Waals surface area contributed by atoms with Gasteiger partial charge >= 0.3 is 6.03 Å². The van der Waals surface area contributed by atoms with Gasteiger partial charge in [-0.3, -0.25) is 14.6 Å². The van der Waals surface area contributed by atoms with E-state index in [0.717, 1.165) is 67.7 Å². The van der Waals surface area contributed by atoms with E-state index in [-0.39, 0.29) is 23.4 Å². The maximum absolute atomic E-state index is 13.5. The fourth-order valence-electron chi connectivity index (χ4n) is 6.82. The van der Waals surface area contributed by atoms with Crippen LogP contribution in [0.4, 0.5) is 21.9 Å². The smallest absolute Gasteiger partial charge is 0.323 e. The number of nitrogens with one attached hydrogen (secondary N) is 2. The number of aryl methyl sites for hydroxylation is 1. The van der Waals surface area contributed by atoms with Crippen LogP contribution in [-0.4, -0.2) is 88.4 Å². The molecule has 0 bridgehead atoms. The first-order chi connectivity index (χ1) is 22.7. The molecule has 2 N–H and O–H groups in total. The summed E-state index contributed by atoms with van der Waals surface area (Å²) in [4.78, 5) is 54.6. The molecule has 3 aliphatic rings. The van der Waals surface area contributed by atoms with Crippen LogP contribution in [0.5, 0.6) is 5.75 Å². The molecule has 3 amide bonds. The van der Waals surface area contributed by atoms with Crippen LogP contribution in [0, 0.1) is 5.92 Å². The van der Waals surface area contributed by atoms with E-state index in [2.05, 4.69) is 44.5 Å². The Hall–Kier alpha value is -5.23. The lowest BCUT2D eigenvalue weighted by molar-refractivity contribution is -0.135. The molecule has 2 saturated heterocycles. The first-order valence-corrected chi connectivity index (χ1v) is 16.0. The largest absolute Gasteiger partial charge is 0.452 e. The summed E-state index contributed by atoms with van der Waals surface area (Å²) in [6.07, 6.45) is 11.3. The van der Waals surface area contributed by atoms with E-state index in [1.54, 1.807) is 48.8 Å². The monoisotopic (exact) mass is 634 g/mol. The molecule has 0 saturated carbocycles. The van der Waals surface area contributed by atoms with Crippen molar-refractivity contribution >= 4 is 51.9 Å². The predicted molar refractivity (Wildman–Crippen MR) is 181 cm³/mol. The highest BCUT2D eigenvalue weighted by atomic mass is 16.5. The van der Waals surface area contributed by atoms with Crippen molar-refractivity contribution in [1.82, 2.24) is 24.3 Å². The van der Waals surface area contributed by atoms with Crippen LogP contribution in [-0.2, 0) is 11.8 Å². The van der Waals surface area contributed by atoms with E-state index in [9.17, 15) is 14.4 Å². The number of likely N-dealkylation sites (tertiary alicyclic amines) is 1. The van der Waals surface area contributed by atoms with Gasteiger partial charge in [0.05, 0.1) is 17.4 Å². The van der Waals surface area contributed by atoms with Gasteiger partial charge in [0.2, 0.25) is 11.7 Å². The molecule has 7 rings (SSSR count). The molecule has 242 valence electrons. The normalized spacial score (nSPS) is 19.0. The average Bonchev–Trinajstić information content (AvgIpc) is 3.78. The van der Waals surface area contributed by atoms with Crippen LogP contribution in [0.2, 0.25) is 0 Å². The van der Waals surface area contributed by atoms with Crippen molar-refractivity contribution in [2.75, 3.05) is 55.8 Å². The summed E-state index contributed by atoms with van der Waals surface area (Å²) in [6.45, 7) is 3.16. The number of allylic oxidation sites excluding steroid dienone is 1. The van der Waals surface area contributed by atoms with Gasteiger partial charge in [0.15, 0.2) is 5.76 Å². The molecule has 12 nitrogen and oxygen atoms in total. The Morgan fingerprint density at radius 2 is 1.83 bits per heavy atom. The Kier molecular flexibility index (Phi) is 8.10. The van der Waals surface area contributed by atoms with E-state index >= 15 is 0 Å². The highest BCUT2D eigenvalue weighted by Gasteiger charge is 2.34. The number of ether oxygens (including phenoxy) is 1. The zero-order chi connectivity index (χ0) is 32.7. The van der Waals surface area contributed by atoms with Gasteiger partial charge in [0.25, 0.3) is 0 Å². The molecule has 2 fully saturated rings. The molecule has 0 aliphatic carbocycles. The first kappa shape index (κ1) is 30.4. The van der Waals surface area contributed by atoms with Gasteiger partial charge in [-0.15, -0.1) is 0 Å². The Labute approximate surface area is 273 Å². The lowest BCUT2D eigenvalue weighted by atomic mass is 9.94. The molecule has 0 spiro atoms. The number of pyridine rings is 2. The number of piperidine rings is 1. The Bertz CT molecular complexity index is 1880. The molecule has 4 aromatic rings. The molecule has 1 aromatic carbocycles. The highest BCUT2D eigenvalue weighted by molar-refractivity contribution is 6.16. The standard InChI is InChI=1S/C35H38N8O4/c1-40(2)26-11-16-43(21-26)34(45)22-9-14-42(15-10-22)28-8-13-37-33-31(28)23(20-41(33)3)17-30-32(44)27-18-24(6-7-29(27)47-30)38-35(46)39-25-5-4-12-36-19-25/h4-8,12-13,17-20,22,26H,9-11,14-16,21H2,1-3H3,(H2,38,39,46). The van der Waals surface area contributed by atoms with E-state index in [0.29, 0.717) is 28.7 Å². The summed E-state index contributed by atoms with van der Waals surface area (Å²) < 4.78 is 7.97. The van der Waals surface area contributed by atoms with Crippen molar-refractivity contribution < 1.29 is 19.1 Å². The fraction of sp³-hybridized carbons (Fsp3) is 0.343. The van der Waals surface area contributed by atoms with Crippen LogP contribution in [0.25, 0.3) is 17.1 Å². The molecular formula is C35H38N8O4. The predicted octanol–water partition coefficient (Wildman–Crippen LogP) is 4.61. The quantitative estimate of drug-likeness (QED) is 0.295. The number of likely N-dealkylation sites (N-methyl/N-ethyl adjacent to an activating group) is 1. The van der Waals surface area contributed by atoms with Crippen LogP contribution in [0.3, 0.4) is 0 Å². The molecule has 1 atom stereocenters. The van der Waals surface area contributed by atoms with Crippen LogP contribution in [0.1, 0.15) is 35.2 Å². The maximum atomic E-state index is 13.5. The van der Waals surface area contributed by atoms with Crippen molar-refractivity contribution in [2.24, 2.45) is 13.0 Å². The van der Waals surface area contributed by atoms with Gasteiger partial charge in [0, 0.05) is 86.1 Å². The summed E-state index contributed by atoms with van der Waals surface area (Å²) in [5, 5.41) is 6.41. The number of fused-ring (bicyclic) bond motifs is 2. The summed E-state index contributed by atoms with van der Waals surface area (Å²) >= 11 is 0. The second kappa shape index (κ2) is 12.5. The number of amides is 3. The van der Waals surface area contributed by atoms with Crippen molar-refractivity contribution in [3.8, 4) is 5.75 Å². The third-order valence-corrected chi connectivity index (χ3v) is 9.39. The number of benzene rings is 1. The van der Waals surface area contributed by atoms with Crippen molar-refractivity contribution in [2.45, 2.75) is 25.3 Å². The molecule has 0 radical (unpaired) electrons.